The molecule has 1 aromatic rings. The van der Waals surface area contributed by atoms with Gasteiger partial charge in [-0.1, -0.05) is 0 Å². The number of nitrogens with zero attached hydrogens (tertiary/aromatic N) is 2. The van der Waals surface area contributed by atoms with Gasteiger partial charge in [-0.2, -0.15) is 28.5 Å². The maximum Gasteiger partial charge on any atom is 0.225 e. The van der Waals surface area contributed by atoms with E-state index in [1.54, 1.807) is 12.3 Å². The van der Waals surface area contributed by atoms with Crippen LogP contribution in [0.4, 0.5) is 5.95 Å². The van der Waals surface area contributed by atoms with Crippen LogP contribution in [0.5, 0.6) is 5.88 Å². The maximum absolute atomic E-state index is 5.55. The molecule has 1 aromatic heterocycles. The van der Waals surface area contributed by atoms with Gasteiger partial charge in [0.2, 0.25) is 11.8 Å². The second-order valence-electron chi connectivity index (χ2n) is 4.33. The molecule has 1 N–H and O–H groups in total. The summed E-state index contributed by atoms with van der Waals surface area (Å²) in [4.78, 5) is 8.55. The van der Waals surface area contributed by atoms with Gasteiger partial charge in [-0.05, 0) is 13.8 Å². The van der Waals surface area contributed by atoms with Crippen molar-refractivity contribution in [2.75, 3.05) is 29.1 Å². The molecule has 0 aromatic carbocycles. The van der Waals surface area contributed by atoms with Gasteiger partial charge in [0.15, 0.2) is 0 Å². The molecule has 0 bridgehead atoms. The first kappa shape index (κ1) is 13.8. The monoisotopic (exact) mass is 285 g/mol. The van der Waals surface area contributed by atoms with E-state index in [1.165, 1.54) is 17.3 Å². The summed E-state index contributed by atoms with van der Waals surface area (Å²) in [5.41, 5.74) is 0. The van der Waals surface area contributed by atoms with E-state index in [1.807, 2.05) is 37.4 Å². The molecule has 1 aliphatic rings. The first-order chi connectivity index (χ1) is 8.74. The van der Waals surface area contributed by atoms with E-state index in [2.05, 4.69) is 15.3 Å². The number of hydrogen-bond acceptors (Lipinski definition) is 6. The number of ether oxygens (including phenoxy) is 1. The zero-order valence-electron chi connectivity index (χ0n) is 10.8. The Labute approximate surface area is 117 Å². The van der Waals surface area contributed by atoms with Gasteiger partial charge >= 0.3 is 0 Å². The first-order valence-corrected chi connectivity index (χ1v) is 8.37. The Bertz CT molecular complexity index is 370. The lowest BCUT2D eigenvalue weighted by atomic mass is 10.4. The molecular weight excluding hydrogens is 266 g/mol. The maximum atomic E-state index is 5.55. The van der Waals surface area contributed by atoms with E-state index < -0.39 is 0 Å². The number of thioether (sulfide) groups is 2. The second kappa shape index (κ2) is 7.09. The summed E-state index contributed by atoms with van der Waals surface area (Å²) in [5, 5.41) is 3.95. The summed E-state index contributed by atoms with van der Waals surface area (Å²) in [6.07, 6.45) is 1.87. The lowest BCUT2D eigenvalue weighted by Gasteiger charge is -2.21. The van der Waals surface area contributed by atoms with E-state index in [0.717, 1.165) is 6.54 Å². The number of hydrogen-bond donors (Lipinski definition) is 1. The predicted octanol–water partition coefficient (Wildman–Crippen LogP) is 2.52. The lowest BCUT2D eigenvalue weighted by molar-refractivity contribution is 0.232. The molecule has 1 fully saturated rings. The van der Waals surface area contributed by atoms with Crippen molar-refractivity contribution in [3.05, 3.63) is 12.3 Å². The van der Waals surface area contributed by atoms with E-state index in [-0.39, 0.29) is 6.10 Å². The van der Waals surface area contributed by atoms with Gasteiger partial charge in [0.1, 0.15) is 0 Å². The summed E-state index contributed by atoms with van der Waals surface area (Å²) >= 11 is 4.05. The molecule has 1 atom stereocenters. The van der Waals surface area contributed by atoms with Crippen molar-refractivity contribution >= 4 is 29.5 Å². The molecule has 1 aliphatic heterocycles. The highest BCUT2D eigenvalue weighted by molar-refractivity contribution is 8.06. The Morgan fingerprint density at radius 2 is 2.39 bits per heavy atom. The van der Waals surface area contributed by atoms with E-state index >= 15 is 0 Å². The molecule has 6 heteroatoms. The average Bonchev–Trinajstić information content (AvgIpc) is 2.37. The smallest absolute Gasteiger partial charge is 0.225 e. The molecule has 0 aliphatic carbocycles. The van der Waals surface area contributed by atoms with Crippen molar-refractivity contribution in [2.45, 2.75) is 25.2 Å². The fourth-order valence-corrected chi connectivity index (χ4v) is 4.21. The van der Waals surface area contributed by atoms with Crippen molar-refractivity contribution in [2.24, 2.45) is 0 Å². The van der Waals surface area contributed by atoms with Gasteiger partial charge < -0.3 is 10.1 Å². The average molecular weight is 285 g/mol. The summed E-state index contributed by atoms with van der Waals surface area (Å²) in [6.45, 7) is 4.90. The molecule has 2 rings (SSSR count). The van der Waals surface area contributed by atoms with E-state index in [9.17, 15) is 0 Å². The highest BCUT2D eigenvalue weighted by Crippen LogP contribution is 2.24. The Morgan fingerprint density at radius 3 is 3.11 bits per heavy atom. The number of rotatable bonds is 5. The number of anilines is 1. The van der Waals surface area contributed by atoms with Crippen LogP contribution in [-0.4, -0.2) is 45.1 Å². The second-order valence-corrected chi connectivity index (χ2v) is 6.89. The minimum absolute atomic E-state index is 0.137. The predicted molar refractivity (Wildman–Crippen MR) is 79.9 cm³/mol. The molecule has 1 unspecified atom stereocenters. The summed E-state index contributed by atoms with van der Waals surface area (Å²) in [5.74, 6) is 5.02. The summed E-state index contributed by atoms with van der Waals surface area (Å²) < 4.78 is 5.55. The fourth-order valence-electron chi connectivity index (χ4n) is 1.59. The highest BCUT2D eigenvalue weighted by Gasteiger charge is 2.14. The zero-order chi connectivity index (χ0) is 12.8. The standard InChI is InChI=1S/C12H19N3OS2/c1-9(2)16-11-3-4-13-12(15-11)14-7-10-8-17-5-6-18-10/h3-4,9-10H,5-8H2,1-2H3,(H,13,14,15). The van der Waals surface area contributed by atoms with Crippen molar-refractivity contribution in [1.82, 2.24) is 9.97 Å². The fraction of sp³-hybridized carbons (Fsp3) is 0.667. The molecule has 4 nitrogen and oxygen atoms in total. The van der Waals surface area contributed by atoms with Crippen LogP contribution in [0.1, 0.15) is 13.8 Å². The van der Waals surface area contributed by atoms with Crippen LogP contribution in [0, 0.1) is 0 Å². The van der Waals surface area contributed by atoms with Gasteiger partial charge in [0.05, 0.1) is 6.10 Å². The molecule has 100 valence electrons. The Kier molecular flexibility index (Phi) is 5.44. The van der Waals surface area contributed by atoms with Crippen LogP contribution in [-0.2, 0) is 0 Å². The summed E-state index contributed by atoms with van der Waals surface area (Å²) in [6, 6.07) is 1.79. The highest BCUT2D eigenvalue weighted by atomic mass is 32.2. The van der Waals surface area contributed by atoms with Crippen LogP contribution in [0.2, 0.25) is 0 Å². The number of nitrogens with one attached hydrogen (secondary N) is 1. The van der Waals surface area contributed by atoms with Crippen LogP contribution in [0.25, 0.3) is 0 Å². The normalized spacial score (nSPS) is 19.8. The van der Waals surface area contributed by atoms with Crippen molar-refractivity contribution in [1.29, 1.82) is 0 Å². The van der Waals surface area contributed by atoms with Crippen LogP contribution >= 0.6 is 23.5 Å². The third-order valence-electron chi connectivity index (χ3n) is 2.36. The molecular formula is C12H19N3OS2. The SMILES string of the molecule is CC(C)Oc1ccnc(NCC2CSCCS2)n1. The molecule has 18 heavy (non-hydrogen) atoms. The van der Waals surface area contributed by atoms with Gasteiger partial charge in [-0.25, -0.2) is 4.98 Å². The Balaban J connectivity index is 1.84. The molecule has 1 saturated heterocycles. The van der Waals surface area contributed by atoms with E-state index in [0.29, 0.717) is 17.1 Å². The first-order valence-electron chi connectivity index (χ1n) is 6.17. The zero-order valence-corrected chi connectivity index (χ0v) is 12.4. The minimum Gasteiger partial charge on any atom is -0.475 e. The third-order valence-corrected chi connectivity index (χ3v) is 5.20. The van der Waals surface area contributed by atoms with Crippen molar-refractivity contribution < 1.29 is 4.74 Å². The van der Waals surface area contributed by atoms with Crippen LogP contribution < -0.4 is 10.1 Å². The lowest BCUT2D eigenvalue weighted by Crippen LogP contribution is -2.24. The summed E-state index contributed by atoms with van der Waals surface area (Å²) in [7, 11) is 0. The largest absolute Gasteiger partial charge is 0.475 e. The van der Waals surface area contributed by atoms with Gasteiger partial charge in [0, 0.05) is 41.3 Å². The molecule has 0 amide bonds. The number of aromatic nitrogens is 2. The molecule has 0 radical (unpaired) electrons. The Hall–Kier alpha value is -0.620. The van der Waals surface area contributed by atoms with E-state index in [4.69, 9.17) is 4.74 Å². The van der Waals surface area contributed by atoms with Crippen LogP contribution in [0.15, 0.2) is 12.3 Å². The van der Waals surface area contributed by atoms with Gasteiger partial charge in [0.25, 0.3) is 0 Å². The molecule has 2 heterocycles. The molecule has 0 spiro atoms. The van der Waals surface area contributed by atoms with Gasteiger partial charge in [-0.3, -0.25) is 0 Å². The van der Waals surface area contributed by atoms with Crippen molar-refractivity contribution in [3.63, 3.8) is 0 Å². The minimum atomic E-state index is 0.137. The molecule has 0 saturated carbocycles. The van der Waals surface area contributed by atoms with Crippen molar-refractivity contribution in [3.8, 4) is 5.88 Å². The topological polar surface area (TPSA) is 47.0 Å². The van der Waals surface area contributed by atoms with Crippen LogP contribution in [0.3, 0.4) is 0 Å². The Morgan fingerprint density at radius 1 is 1.50 bits per heavy atom. The van der Waals surface area contributed by atoms with Gasteiger partial charge in [-0.15, -0.1) is 0 Å². The quantitative estimate of drug-likeness (QED) is 0.897. The third kappa shape index (κ3) is 4.57.